The number of thioether (sulfide) groups is 1. The Hall–Kier alpha value is -3.06. The van der Waals surface area contributed by atoms with Crippen LogP contribution in [0, 0.1) is 13.8 Å². The Bertz CT molecular complexity index is 1280. The van der Waals surface area contributed by atoms with Crippen molar-refractivity contribution in [2.75, 3.05) is 18.2 Å². The van der Waals surface area contributed by atoms with Gasteiger partial charge in [-0.05, 0) is 54.7 Å². The summed E-state index contributed by atoms with van der Waals surface area (Å²) in [5.41, 5.74) is 5.93. The van der Waals surface area contributed by atoms with Crippen molar-refractivity contribution in [3.63, 3.8) is 0 Å². The van der Waals surface area contributed by atoms with E-state index in [1.807, 2.05) is 47.7 Å². The van der Waals surface area contributed by atoms with E-state index in [1.54, 1.807) is 7.11 Å². The molecule has 2 aromatic carbocycles. The van der Waals surface area contributed by atoms with Gasteiger partial charge in [0, 0.05) is 17.1 Å². The molecule has 0 spiro atoms. The topological polar surface area (TPSA) is 68.5 Å². The molecule has 31 heavy (non-hydrogen) atoms. The molecular formula is C24H26N4O2S. The third-order valence-electron chi connectivity index (χ3n) is 5.40. The predicted octanol–water partition coefficient (Wildman–Crippen LogP) is 5.36. The summed E-state index contributed by atoms with van der Waals surface area (Å²) in [6.45, 7) is 8.33. The molecule has 0 bridgehead atoms. The Morgan fingerprint density at radius 1 is 1.13 bits per heavy atom. The van der Waals surface area contributed by atoms with Crippen molar-refractivity contribution in [2.45, 2.75) is 38.8 Å². The van der Waals surface area contributed by atoms with E-state index in [0.29, 0.717) is 11.1 Å². The van der Waals surface area contributed by atoms with E-state index in [1.165, 1.54) is 11.8 Å². The van der Waals surface area contributed by atoms with Crippen LogP contribution in [-0.4, -0.2) is 33.4 Å². The number of methoxy groups -OCH3 is 1. The molecule has 1 amide bonds. The quantitative estimate of drug-likeness (QED) is 0.414. The number of pyridine rings is 1. The first-order valence-corrected chi connectivity index (χ1v) is 11.2. The van der Waals surface area contributed by atoms with Gasteiger partial charge in [0.25, 0.3) is 0 Å². The molecule has 0 fully saturated rings. The molecule has 1 N–H and O–H groups in total. The predicted molar refractivity (Wildman–Crippen MR) is 126 cm³/mol. The first-order valence-electron chi connectivity index (χ1n) is 10.2. The second-order valence-electron chi connectivity index (χ2n) is 7.92. The highest BCUT2D eigenvalue weighted by Gasteiger charge is 2.16. The second-order valence-corrected chi connectivity index (χ2v) is 8.86. The lowest BCUT2D eigenvalue weighted by Crippen LogP contribution is -2.17. The van der Waals surface area contributed by atoms with Crippen molar-refractivity contribution in [3.8, 4) is 5.75 Å². The van der Waals surface area contributed by atoms with E-state index in [-0.39, 0.29) is 11.7 Å². The number of carbonyl (C=O) groups excluding carboxylic acids is 1. The number of carbonyl (C=O) groups is 1. The summed E-state index contributed by atoms with van der Waals surface area (Å²) in [6.07, 6.45) is 0. The molecule has 2 aromatic heterocycles. The van der Waals surface area contributed by atoms with Gasteiger partial charge in [-0.25, -0.2) is 0 Å². The number of amides is 1. The average molecular weight is 435 g/mol. The van der Waals surface area contributed by atoms with Crippen LogP contribution in [0.3, 0.4) is 0 Å². The van der Waals surface area contributed by atoms with Crippen LogP contribution in [0.2, 0.25) is 0 Å². The fourth-order valence-electron chi connectivity index (χ4n) is 3.77. The molecule has 0 saturated carbocycles. The lowest BCUT2D eigenvalue weighted by molar-refractivity contribution is -0.113. The van der Waals surface area contributed by atoms with Gasteiger partial charge < -0.3 is 10.1 Å². The molecule has 2 heterocycles. The number of aryl methyl sites for hydroxylation is 2. The molecule has 7 heteroatoms. The summed E-state index contributed by atoms with van der Waals surface area (Å²) in [4.78, 5) is 12.8. The maximum absolute atomic E-state index is 12.8. The standard InChI is InChI=1S/C24H26N4O2S/c1-14(2)18-8-6-7-15(3)23(18)25-22(29)13-31-24-27-26-21-11-16(4)19-10-9-17(30-5)12-20(19)28(21)24/h6-12,14H,13H2,1-5H3,(H,25,29). The zero-order chi connectivity index (χ0) is 22.1. The van der Waals surface area contributed by atoms with Crippen LogP contribution in [0.25, 0.3) is 16.6 Å². The van der Waals surface area contributed by atoms with Crippen molar-refractivity contribution in [3.05, 3.63) is 59.2 Å². The van der Waals surface area contributed by atoms with Crippen molar-refractivity contribution in [1.29, 1.82) is 0 Å². The maximum Gasteiger partial charge on any atom is 0.234 e. The fraction of sp³-hybridized carbons (Fsp3) is 0.292. The van der Waals surface area contributed by atoms with Crippen LogP contribution in [0.1, 0.15) is 36.5 Å². The number of nitrogens with zero attached hydrogens (tertiary/aromatic N) is 3. The minimum atomic E-state index is -0.0630. The van der Waals surface area contributed by atoms with Gasteiger partial charge in [0.05, 0.1) is 18.4 Å². The lowest BCUT2D eigenvalue weighted by Gasteiger charge is -2.16. The molecule has 160 valence electrons. The van der Waals surface area contributed by atoms with Gasteiger partial charge in [0.1, 0.15) is 5.75 Å². The number of para-hydroxylation sites is 1. The van der Waals surface area contributed by atoms with Gasteiger partial charge in [0.15, 0.2) is 10.8 Å². The van der Waals surface area contributed by atoms with Crippen LogP contribution < -0.4 is 10.1 Å². The van der Waals surface area contributed by atoms with Crippen LogP contribution in [0.4, 0.5) is 5.69 Å². The molecule has 0 aliphatic rings. The fourth-order valence-corrected chi connectivity index (χ4v) is 4.52. The highest BCUT2D eigenvalue weighted by atomic mass is 32.2. The maximum atomic E-state index is 12.8. The van der Waals surface area contributed by atoms with Crippen molar-refractivity contribution < 1.29 is 9.53 Å². The first-order chi connectivity index (χ1) is 14.9. The second kappa shape index (κ2) is 8.59. The number of hydrogen-bond acceptors (Lipinski definition) is 5. The van der Waals surface area contributed by atoms with Crippen LogP contribution in [-0.2, 0) is 4.79 Å². The molecule has 0 saturated heterocycles. The monoisotopic (exact) mass is 434 g/mol. The zero-order valence-electron chi connectivity index (χ0n) is 18.4. The largest absolute Gasteiger partial charge is 0.497 e. The number of fused-ring (bicyclic) bond motifs is 3. The smallest absolute Gasteiger partial charge is 0.234 e. The van der Waals surface area contributed by atoms with Gasteiger partial charge in [-0.3, -0.25) is 9.20 Å². The summed E-state index contributed by atoms with van der Waals surface area (Å²) in [6, 6.07) is 14.1. The Balaban J connectivity index is 1.62. The molecule has 0 atom stereocenters. The van der Waals surface area contributed by atoms with Gasteiger partial charge in [-0.15, -0.1) is 10.2 Å². The molecule has 4 aromatic rings. The molecular weight excluding hydrogens is 408 g/mol. The van der Waals surface area contributed by atoms with Crippen LogP contribution in [0.15, 0.2) is 47.6 Å². The Labute approximate surface area is 186 Å². The number of ether oxygens (including phenoxy) is 1. The van der Waals surface area contributed by atoms with E-state index in [2.05, 4.69) is 42.4 Å². The third-order valence-corrected chi connectivity index (χ3v) is 6.33. The summed E-state index contributed by atoms with van der Waals surface area (Å²) in [5, 5.41) is 13.5. The molecule has 4 rings (SSSR count). The molecule has 0 unspecified atom stereocenters. The summed E-state index contributed by atoms with van der Waals surface area (Å²) in [5.74, 6) is 1.27. The minimum Gasteiger partial charge on any atom is -0.497 e. The molecule has 0 aliphatic carbocycles. The SMILES string of the molecule is COc1ccc2c(C)cc3nnc(SCC(=O)Nc4c(C)cccc4C(C)C)n3c2c1. The van der Waals surface area contributed by atoms with Crippen molar-refractivity contribution in [2.24, 2.45) is 0 Å². The Morgan fingerprint density at radius 3 is 2.68 bits per heavy atom. The van der Waals surface area contributed by atoms with Gasteiger partial charge >= 0.3 is 0 Å². The Kier molecular flexibility index (Phi) is 5.87. The third kappa shape index (κ3) is 4.10. The van der Waals surface area contributed by atoms with Crippen molar-refractivity contribution in [1.82, 2.24) is 14.6 Å². The summed E-state index contributed by atoms with van der Waals surface area (Å²) in [7, 11) is 1.65. The number of anilines is 1. The van der Waals surface area contributed by atoms with Gasteiger partial charge in [-0.2, -0.15) is 0 Å². The summed E-state index contributed by atoms with van der Waals surface area (Å²) < 4.78 is 7.39. The highest BCUT2D eigenvalue weighted by molar-refractivity contribution is 7.99. The first kappa shape index (κ1) is 21.2. The van der Waals surface area contributed by atoms with Crippen molar-refractivity contribution >= 4 is 39.9 Å². The van der Waals surface area contributed by atoms with E-state index in [0.717, 1.165) is 44.7 Å². The molecule has 0 aliphatic heterocycles. The van der Waals surface area contributed by atoms with E-state index < -0.39 is 0 Å². The molecule has 6 nitrogen and oxygen atoms in total. The number of nitrogens with one attached hydrogen (secondary N) is 1. The number of benzene rings is 2. The normalized spacial score (nSPS) is 11.4. The average Bonchev–Trinajstić information content (AvgIpc) is 3.16. The number of rotatable bonds is 6. The number of aromatic nitrogens is 3. The highest BCUT2D eigenvalue weighted by Crippen LogP contribution is 2.30. The summed E-state index contributed by atoms with van der Waals surface area (Å²) >= 11 is 1.37. The molecule has 0 radical (unpaired) electrons. The van der Waals surface area contributed by atoms with Gasteiger partial charge in [-0.1, -0.05) is 43.8 Å². The zero-order valence-corrected chi connectivity index (χ0v) is 19.2. The Morgan fingerprint density at radius 2 is 1.94 bits per heavy atom. The van der Waals surface area contributed by atoms with E-state index >= 15 is 0 Å². The van der Waals surface area contributed by atoms with E-state index in [4.69, 9.17) is 4.74 Å². The minimum absolute atomic E-state index is 0.0630. The van der Waals surface area contributed by atoms with Crippen LogP contribution in [0.5, 0.6) is 5.75 Å². The number of hydrogen-bond donors (Lipinski definition) is 1. The van der Waals surface area contributed by atoms with E-state index in [9.17, 15) is 4.79 Å². The van der Waals surface area contributed by atoms with Crippen LogP contribution >= 0.6 is 11.8 Å². The van der Waals surface area contributed by atoms with Gasteiger partial charge in [0.2, 0.25) is 5.91 Å². The lowest BCUT2D eigenvalue weighted by atomic mass is 9.98.